The van der Waals surface area contributed by atoms with Crippen molar-refractivity contribution in [3.63, 3.8) is 0 Å². The third-order valence-electron chi connectivity index (χ3n) is 4.34. The summed E-state index contributed by atoms with van der Waals surface area (Å²) in [5.74, 6) is 0.755. The Kier molecular flexibility index (Phi) is 2.88. The van der Waals surface area contributed by atoms with Crippen molar-refractivity contribution in [2.24, 2.45) is 11.1 Å². The first-order valence-electron chi connectivity index (χ1n) is 7.39. The van der Waals surface area contributed by atoms with E-state index in [2.05, 4.69) is 51.8 Å². The second kappa shape index (κ2) is 4.88. The first kappa shape index (κ1) is 12.4. The third-order valence-corrected chi connectivity index (χ3v) is 4.34. The molecule has 0 bridgehead atoms. The molecular formula is C17H17N3O. The number of H-pyrrole nitrogens is 1. The maximum absolute atomic E-state index is 9.25. The molecule has 2 aliphatic carbocycles. The molecular weight excluding hydrogens is 262 g/mol. The molecule has 0 saturated heterocycles. The molecule has 1 saturated carbocycles. The van der Waals surface area contributed by atoms with Crippen LogP contribution in [0.15, 0.2) is 41.6 Å². The summed E-state index contributed by atoms with van der Waals surface area (Å²) in [5, 5.41) is 20.2. The fourth-order valence-electron chi connectivity index (χ4n) is 3.03. The number of hydrogen-bond donors (Lipinski definition) is 2. The third kappa shape index (κ3) is 2.17. The van der Waals surface area contributed by atoms with E-state index in [1.54, 1.807) is 0 Å². The number of rotatable bonds is 3. The number of allylic oxidation sites excluding steroid dienone is 1. The highest BCUT2D eigenvalue weighted by Gasteiger charge is 2.33. The highest BCUT2D eigenvalue weighted by atomic mass is 16.4. The molecule has 0 radical (unpaired) electrons. The summed E-state index contributed by atoms with van der Waals surface area (Å²) in [7, 11) is 0. The van der Waals surface area contributed by atoms with Crippen molar-refractivity contribution in [1.29, 1.82) is 0 Å². The first-order valence-corrected chi connectivity index (χ1v) is 7.39. The van der Waals surface area contributed by atoms with Gasteiger partial charge in [-0.3, -0.25) is 5.10 Å². The standard InChI is InChI=1S/C17H17N3O/c21-20-16(12-6-7-12)17-14-9-8-13(10-15(14)18-19-17)11-4-2-1-3-5-11/h1-5,8-9,12-13,21H,6-7,10H2,(H,18,19)/b20-16+. The van der Waals surface area contributed by atoms with Gasteiger partial charge in [0.15, 0.2) is 0 Å². The van der Waals surface area contributed by atoms with Gasteiger partial charge in [0.25, 0.3) is 0 Å². The van der Waals surface area contributed by atoms with Crippen molar-refractivity contribution >= 4 is 11.8 Å². The lowest BCUT2D eigenvalue weighted by molar-refractivity contribution is 0.317. The molecule has 21 heavy (non-hydrogen) atoms. The van der Waals surface area contributed by atoms with E-state index in [1.807, 2.05) is 6.07 Å². The Morgan fingerprint density at radius 3 is 2.76 bits per heavy atom. The van der Waals surface area contributed by atoms with E-state index >= 15 is 0 Å². The second-order valence-corrected chi connectivity index (χ2v) is 5.80. The number of nitrogens with zero attached hydrogens (tertiary/aromatic N) is 2. The second-order valence-electron chi connectivity index (χ2n) is 5.80. The monoisotopic (exact) mass is 279 g/mol. The van der Waals surface area contributed by atoms with E-state index in [0.29, 0.717) is 11.8 Å². The van der Waals surface area contributed by atoms with Crippen LogP contribution in [0.3, 0.4) is 0 Å². The smallest absolute Gasteiger partial charge is 0.117 e. The fourth-order valence-corrected chi connectivity index (χ4v) is 3.03. The fraction of sp³-hybridized carbons (Fsp3) is 0.294. The molecule has 1 aromatic heterocycles. The van der Waals surface area contributed by atoms with Crippen LogP contribution in [0, 0.1) is 5.92 Å². The Balaban J connectivity index is 1.66. The van der Waals surface area contributed by atoms with Crippen LogP contribution in [0.2, 0.25) is 0 Å². The van der Waals surface area contributed by atoms with Gasteiger partial charge in [-0.05, 0) is 18.4 Å². The van der Waals surface area contributed by atoms with E-state index in [-0.39, 0.29) is 0 Å². The zero-order valence-electron chi connectivity index (χ0n) is 11.7. The van der Waals surface area contributed by atoms with Crippen molar-refractivity contribution < 1.29 is 5.21 Å². The van der Waals surface area contributed by atoms with Gasteiger partial charge in [0, 0.05) is 29.5 Å². The van der Waals surface area contributed by atoms with Crippen LogP contribution in [0.5, 0.6) is 0 Å². The van der Waals surface area contributed by atoms with Crippen molar-refractivity contribution in [3.05, 3.63) is 58.9 Å². The van der Waals surface area contributed by atoms with Gasteiger partial charge >= 0.3 is 0 Å². The topological polar surface area (TPSA) is 61.3 Å². The molecule has 1 atom stereocenters. The Morgan fingerprint density at radius 1 is 1.24 bits per heavy atom. The largest absolute Gasteiger partial charge is 0.411 e. The van der Waals surface area contributed by atoms with Gasteiger partial charge in [-0.2, -0.15) is 5.10 Å². The molecule has 1 unspecified atom stereocenters. The van der Waals surface area contributed by atoms with Crippen molar-refractivity contribution in [3.8, 4) is 0 Å². The van der Waals surface area contributed by atoms with Gasteiger partial charge in [0.05, 0.1) is 0 Å². The minimum atomic E-state index is 0.377. The number of aromatic amines is 1. The predicted octanol–water partition coefficient (Wildman–Crippen LogP) is 3.35. The molecule has 4 heteroatoms. The summed E-state index contributed by atoms with van der Waals surface area (Å²) in [4.78, 5) is 0. The number of nitrogens with one attached hydrogen (secondary N) is 1. The zero-order valence-corrected chi connectivity index (χ0v) is 11.7. The summed E-state index contributed by atoms with van der Waals surface area (Å²) in [6, 6.07) is 10.5. The van der Waals surface area contributed by atoms with E-state index < -0.39 is 0 Å². The summed E-state index contributed by atoms with van der Waals surface area (Å²) < 4.78 is 0. The molecule has 2 aromatic rings. The average Bonchev–Trinajstić information content (AvgIpc) is 3.29. The molecule has 1 aromatic carbocycles. The molecule has 0 aliphatic heterocycles. The molecule has 1 fully saturated rings. The molecule has 2 aliphatic rings. The van der Waals surface area contributed by atoms with Crippen LogP contribution in [-0.2, 0) is 6.42 Å². The first-order chi connectivity index (χ1) is 10.4. The Morgan fingerprint density at radius 2 is 2.05 bits per heavy atom. The molecule has 106 valence electrons. The van der Waals surface area contributed by atoms with Crippen molar-refractivity contribution in [2.45, 2.75) is 25.2 Å². The molecule has 2 N–H and O–H groups in total. The van der Waals surface area contributed by atoms with Gasteiger partial charge in [0.2, 0.25) is 0 Å². The van der Waals surface area contributed by atoms with Gasteiger partial charge < -0.3 is 5.21 Å². The summed E-state index contributed by atoms with van der Waals surface area (Å²) in [6.45, 7) is 0. The lowest BCUT2D eigenvalue weighted by Crippen LogP contribution is -2.09. The minimum absolute atomic E-state index is 0.377. The maximum atomic E-state index is 9.25. The number of fused-ring (bicyclic) bond motifs is 1. The summed E-state index contributed by atoms with van der Waals surface area (Å²) in [6.07, 6.45) is 7.43. The van der Waals surface area contributed by atoms with E-state index in [4.69, 9.17) is 0 Å². The predicted molar refractivity (Wildman–Crippen MR) is 81.6 cm³/mol. The lowest BCUT2D eigenvalue weighted by atomic mass is 9.87. The Hall–Kier alpha value is -2.36. The van der Waals surface area contributed by atoms with Crippen molar-refractivity contribution in [1.82, 2.24) is 10.2 Å². The Labute approximate surface area is 123 Å². The number of hydrogen-bond acceptors (Lipinski definition) is 3. The SMILES string of the molecule is O/N=C(/c1n[nH]c2c1C=CC(c1ccccc1)C2)C1CC1. The zero-order chi connectivity index (χ0) is 14.2. The normalized spacial score (nSPS) is 21.3. The van der Waals surface area contributed by atoms with E-state index in [0.717, 1.165) is 41.9 Å². The number of benzene rings is 1. The van der Waals surface area contributed by atoms with E-state index in [1.165, 1.54) is 5.56 Å². The maximum Gasteiger partial charge on any atom is 0.117 e. The molecule has 0 amide bonds. The average molecular weight is 279 g/mol. The quantitative estimate of drug-likeness (QED) is 0.514. The van der Waals surface area contributed by atoms with Crippen LogP contribution >= 0.6 is 0 Å². The highest BCUT2D eigenvalue weighted by molar-refractivity contribution is 6.04. The molecule has 1 heterocycles. The Bertz CT molecular complexity index is 711. The lowest BCUT2D eigenvalue weighted by Gasteiger charge is -2.17. The van der Waals surface area contributed by atoms with Crippen LogP contribution in [0.4, 0.5) is 0 Å². The number of aromatic nitrogens is 2. The van der Waals surface area contributed by atoms with Crippen molar-refractivity contribution in [2.75, 3.05) is 0 Å². The molecule has 0 spiro atoms. The molecule has 4 nitrogen and oxygen atoms in total. The highest BCUT2D eigenvalue weighted by Crippen LogP contribution is 2.36. The molecule has 4 rings (SSSR count). The van der Waals surface area contributed by atoms with Gasteiger partial charge in [-0.15, -0.1) is 0 Å². The van der Waals surface area contributed by atoms with Crippen LogP contribution < -0.4 is 0 Å². The summed E-state index contributed by atoms with van der Waals surface area (Å²) >= 11 is 0. The van der Waals surface area contributed by atoms with Crippen LogP contribution in [0.1, 0.15) is 41.3 Å². The number of oxime groups is 1. The van der Waals surface area contributed by atoms with Gasteiger partial charge in [-0.25, -0.2) is 0 Å². The minimum Gasteiger partial charge on any atom is -0.411 e. The van der Waals surface area contributed by atoms with Gasteiger partial charge in [0.1, 0.15) is 11.4 Å². The van der Waals surface area contributed by atoms with Crippen LogP contribution in [-0.4, -0.2) is 21.1 Å². The van der Waals surface area contributed by atoms with E-state index in [9.17, 15) is 5.21 Å². The van der Waals surface area contributed by atoms with Crippen LogP contribution in [0.25, 0.3) is 6.08 Å². The van der Waals surface area contributed by atoms with Gasteiger partial charge in [-0.1, -0.05) is 47.6 Å². The summed E-state index contributed by atoms with van der Waals surface area (Å²) in [5.41, 5.74) is 5.08.